The molecule has 1 N–H and O–H groups in total. The lowest BCUT2D eigenvalue weighted by atomic mass is 9.78. The van der Waals surface area contributed by atoms with Crippen LogP contribution in [0.25, 0.3) is 0 Å². The van der Waals surface area contributed by atoms with Crippen molar-refractivity contribution in [3.8, 4) is 0 Å². The van der Waals surface area contributed by atoms with E-state index in [1.54, 1.807) is 0 Å². The fraction of sp³-hybridized carbons (Fsp3) is 1.00. The first-order valence-corrected chi connectivity index (χ1v) is 8.31. The van der Waals surface area contributed by atoms with Crippen LogP contribution in [0.4, 0.5) is 0 Å². The average molecular weight is 316 g/mol. The Morgan fingerprint density at radius 2 is 1.27 bits per heavy atom. The maximum atomic E-state index is 10.5. The second-order valence-electron chi connectivity index (χ2n) is 7.43. The van der Waals surface area contributed by atoms with Gasteiger partial charge in [0.25, 0.3) is 0 Å². The summed E-state index contributed by atoms with van der Waals surface area (Å²) in [5.74, 6) is -0.615. The fourth-order valence-corrected chi connectivity index (χ4v) is 2.31. The van der Waals surface area contributed by atoms with Crippen LogP contribution in [0.1, 0.15) is 61.8 Å². The molecular formula is C16H33BO5. The minimum Gasteiger partial charge on any atom is -0.403 e. The smallest absolute Gasteiger partial charge is 0.403 e. The maximum Gasteiger partial charge on any atom is 0.457 e. The molecule has 130 valence electrons. The highest BCUT2D eigenvalue weighted by molar-refractivity contribution is 6.45. The van der Waals surface area contributed by atoms with E-state index in [-0.39, 0.29) is 31.5 Å². The average Bonchev–Trinajstić information content (AvgIpc) is 2.63. The monoisotopic (exact) mass is 316 g/mol. The summed E-state index contributed by atoms with van der Waals surface area (Å²) in [5, 5.41) is 10.5. The topological polar surface area (TPSA) is 57.2 Å². The van der Waals surface area contributed by atoms with Crippen molar-refractivity contribution in [1.29, 1.82) is 0 Å². The molecule has 0 atom stereocenters. The molecule has 0 aliphatic carbocycles. The van der Waals surface area contributed by atoms with Gasteiger partial charge in [-0.25, -0.2) is 0 Å². The molecule has 0 saturated carbocycles. The second kappa shape index (κ2) is 6.77. The van der Waals surface area contributed by atoms with E-state index >= 15 is 0 Å². The maximum absolute atomic E-state index is 10.5. The lowest BCUT2D eigenvalue weighted by Crippen LogP contribution is -2.51. The molecule has 0 aromatic carbocycles. The van der Waals surface area contributed by atoms with Crippen LogP contribution in [-0.2, 0) is 18.8 Å². The van der Waals surface area contributed by atoms with Gasteiger partial charge in [0.2, 0.25) is 0 Å². The van der Waals surface area contributed by atoms with Crippen molar-refractivity contribution in [3.05, 3.63) is 0 Å². The number of hydrogen-bond acceptors (Lipinski definition) is 5. The van der Waals surface area contributed by atoms with Gasteiger partial charge in [-0.3, -0.25) is 0 Å². The van der Waals surface area contributed by atoms with E-state index in [1.165, 1.54) is 0 Å². The summed E-state index contributed by atoms with van der Waals surface area (Å²) < 4.78 is 22.9. The molecule has 0 bridgehead atoms. The van der Waals surface area contributed by atoms with Crippen molar-refractivity contribution in [3.63, 3.8) is 0 Å². The van der Waals surface area contributed by atoms with Crippen molar-refractivity contribution in [2.45, 2.75) is 90.7 Å². The third-order valence-electron chi connectivity index (χ3n) is 4.52. The van der Waals surface area contributed by atoms with Crippen molar-refractivity contribution in [1.82, 2.24) is 0 Å². The Morgan fingerprint density at radius 3 is 1.68 bits per heavy atom. The summed E-state index contributed by atoms with van der Waals surface area (Å²) in [4.78, 5) is 0. The SMILES string of the molecule is CC.CC1(C)OCC(O)(CCB2OC(C)(C)C(C)(C)O2)CO1. The van der Waals surface area contributed by atoms with Gasteiger partial charge in [0.05, 0.1) is 24.4 Å². The number of ether oxygens (including phenoxy) is 2. The van der Waals surface area contributed by atoms with Gasteiger partial charge in [0.15, 0.2) is 5.79 Å². The highest BCUT2D eigenvalue weighted by Gasteiger charge is 2.51. The van der Waals surface area contributed by atoms with Gasteiger partial charge in [-0.15, -0.1) is 0 Å². The van der Waals surface area contributed by atoms with Crippen molar-refractivity contribution in [2.24, 2.45) is 0 Å². The number of hydrogen-bond donors (Lipinski definition) is 1. The van der Waals surface area contributed by atoms with E-state index in [9.17, 15) is 5.11 Å². The lowest BCUT2D eigenvalue weighted by Gasteiger charge is -2.40. The van der Waals surface area contributed by atoms with E-state index in [0.717, 1.165) is 0 Å². The van der Waals surface area contributed by atoms with Crippen LogP contribution >= 0.6 is 0 Å². The Morgan fingerprint density at radius 1 is 0.864 bits per heavy atom. The molecule has 6 heteroatoms. The molecule has 2 fully saturated rings. The number of rotatable bonds is 3. The van der Waals surface area contributed by atoms with Crippen LogP contribution < -0.4 is 0 Å². The van der Waals surface area contributed by atoms with Gasteiger partial charge in [-0.2, -0.15) is 0 Å². The first kappa shape index (κ1) is 19.9. The molecule has 2 aliphatic rings. The Balaban J connectivity index is 0.00000116. The van der Waals surface area contributed by atoms with Gasteiger partial charge in [-0.1, -0.05) is 13.8 Å². The van der Waals surface area contributed by atoms with Crippen LogP contribution in [0.15, 0.2) is 0 Å². The molecule has 22 heavy (non-hydrogen) atoms. The summed E-state index contributed by atoms with van der Waals surface area (Å²) in [6.07, 6.45) is 1.15. The minimum absolute atomic E-state index is 0.277. The molecule has 0 amide bonds. The Kier molecular flexibility index (Phi) is 6.13. The summed E-state index contributed by atoms with van der Waals surface area (Å²) in [5.41, 5.74) is -1.62. The van der Waals surface area contributed by atoms with Crippen molar-refractivity contribution in [2.75, 3.05) is 13.2 Å². The zero-order chi connectivity index (χ0) is 17.2. The molecule has 0 aromatic heterocycles. The van der Waals surface area contributed by atoms with Gasteiger partial charge in [-0.05, 0) is 54.3 Å². The first-order chi connectivity index (χ1) is 9.95. The standard InChI is InChI=1S/C14H27BO5.C2H6/c1-11(2)12(3,4)20-15(19-11)8-7-14(16)9-17-13(5,6)18-10-14;1-2/h16H,7-10H2,1-6H3;1-2H3. The van der Waals surface area contributed by atoms with Gasteiger partial charge >= 0.3 is 7.12 Å². The van der Waals surface area contributed by atoms with Crippen LogP contribution in [0.2, 0.25) is 6.32 Å². The van der Waals surface area contributed by atoms with Crippen molar-refractivity contribution >= 4 is 7.12 Å². The number of aliphatic hydroxyl groups is 1. The highest BCUT2D eigenvalue weighted by atomic mass is 16.7. The lowest BCUT2D eigenvalue weighted by molar-refractivity contribution is -0.301. The summed E-state index contributed by atoms with van der Waals surface area (Å²) in [7, 11) is -0.293. The summed E-state index contributed by atoms with van der Waals surface area (Å²) in [6, 6.07) is 0. The highest BCUT2D eigenvalue weighted by Crippen LogP contribution is 2.39. The normalized spacial score (nSPS) is 28.0. The molecule has 5 nitrogen and oxygen atoms in total. The van der Waals surface area contributed by atoms with Crippen LogP contribution in [0, 0.1) is 0 Å². The zero-order valence-corrected chi connectivity index (χ0v) is 15.5. The van der Waals surface area contributed by atoms with Gasteiger partial charge in [0.1, 0.15) is 5.60 Å². The van der Waals surface area contributed by atoms with E-state index in [1.807, 2.05) is 55.4 Å². The molecule has 2 heterocycles. The molecule has 2 aliphatic heterocycles. The second-order valence-corrected chi connectivity index (χ2v) is 7.43. The predicted molar refractivity (Wildman–Crippen MR) is 87.8 cm³/mol. The summed E-state index contributed by atoms with van der Waals surface area (Å²) >= 11 is 0. The molecule has 0 radical (unpaired) electrons. The Labute approximate surface area is 135 Å². The third-order valence-corrected chi connectivity index (χ3v) is 4.52. The van der Waals surface area contributed by atoms with Crippen LogP contribution in [0.3, 0.4) is 0 Å². The first-order valence-electron chi connectivity index (χ1n) is 8.31. The Bertz CT molecular complexity index is 342. The zero-order valence-electron chi connectivity index (χ0n) is 15.5. The van der Waals surface area contributed by atoms with Gasteiger partial charge < -0.3 is 23.9 Å². The molecule has 2 saturated heterocycles. The summed E-state index contributed by atoms with van der Waals surface area (Å²) in [6.45, 7) is 16.4. The Hall–Kier alpha value is -0.135. The molecule has 0 spiro atoms. The largest absolute Gasteiger partial charge is 0.457 e. The van der Waals surface area contributed by atoms with E-state index in [0.29, 0.717) is 12.7 Å². The van der Waals surface area contributed by atoms with E-state index in [2.05, 4.69) is 0 Å². The molecule has 0 unspecified atom stereocenters. The minimum atomic E-state index is -0.959. The van der Waals surface area contributed by atoms with Crippen LogP contribution in [0.5, 0.6) is 0 Å². The predicted octanol–water partition coefficient (Wildman–Crippen LogP) is 3.01. The molecule has 0 aromatic rings. The van der Waals surface area contributed by atoms with E-state index < -0.39 is 11.4 Å². The quantitative estimate of drug-likeness (QED) is 0.811. The van der Waals surface area contributed by atoms with Gasteiger partial charge in [0, 0.05) is 0 Å². The fourth-order valence-electron chi connectivity index (χ4n) is 2.31. The third kappa shape index (κ3) is 4.68. The molecule has 2 rings (SSSR count). The van der Waals surface area contributed by atoms with Crippen molar-refractivity contribution < 1.29 is 23.9 Å². The van der Waals surface area contributed by atoms with Crippen LogP contribution in [-0.4, -0.2) is 48.0 Å². The van der Waals surface area contributed by atoms with E-state index in [4.69, 9.17) is 18.8 Å². The molecular weight excluding hydrogens is 283 g/mol.